The van der Waals surface area contributed by atoms with Crippen molar-refractivity contribution >= 4 is 15.9 Å². The molecule has 106 valence electrons. The van der Waals surface area contributed by atoms with Crippen LogP contribution in [0.1, 0.15) is 34.2 Å². The summed E-state index contributed by atoms with van der Waals surface area (Å²) < 4.78 is 0. The molecule has 0 N–H and O–H groups in total. The number of aryl methyl sites for hydroxylation is 4. The first-order chi connectivity index (χ1) is 9.54. The lowest BCUT2D eigenvalue weighted by Gasteiger charge is -2.11. The molecule has 0 aliphatic carbocycles. The van der Waals surface area contributed by atoms with Crippen molar-refractivity contribution in [2.45, 2.75) is 44.9 Å². The Balaban J connectivity index is 1.89. The minimum atomic E-state index is 0.546. The molecule has 0 aliphatic heterocycles. The van der Waals surface area contributed by atoms with Gasteiger partial charge in [0.25, 0.3) is 0 Å². The van der Waals surface area contributed by atoms with Crippen molar-refractivity contribution in [1.82, 2.24) is 0 Å². The molecule has 0 amide bonds. The fraction of sp³-hybridized carbons (Fsp3) is 0.368. The summed E-state index contributed by atoms with van der Waals surface area (Å²) >= 11 is 3.83. The highest BCUT2D eigenvalue weighted by molar-refractivity contribution is 9.09. The number of hydrogen-bond donors (Lipinski definition) is 0. The molecule has 20 heavy (non-hydrogen) atoms. The predicted octanol–water partition coefficient (Wildman–Crippen LogP) is 5.55. The molecule has 0 fully saturated rings. The van der Waals surface area contributed by atoms with Crippen LogP contribution < -0.4 is 0 Å². The van der Waals surface area contributed by atoms with Crippen LogP contribution in [0.25, 0.3) is 0 Å². The van der Waals surface area contributed by atoms with E-state index in [1.165, 1.54) is 34.2 Å². The fourth-order valence-electron chi connectivity index (χ4n) is 2.48. The second-order valence-corrected chi connectivity index (χ2v) is 7.04. The Hall–Kier alpha value is -1.08. The maximum atomic E-state index is 3.83. The molecule has 1 atom stereocenters. The molecule has 0 saturated carbocycles. The first-order valence-electron chi connectivity index (χ1n) is 7.30. The maximum absolute atomic E-state index is 3.83. The lowest BCUT2D eigenvalue weighted by atomic mass is 10.00. The molecule has 0 spiro atoms. The molecule has 0 aliphatic rings. The average molecular weight is 331 g/mol. The smallest absolute Gasteiger partial charge is 0.0189 e. The van der Waals surface area contributed by atoms with E-state index in [-0.39, 0.29) is 0 Å². The van der Waals surface area contributed by atoms with Crippen molar-refractivity contribution in [3.05, 3.63) is 70.3 Å². The van der Waals surface area contributed by atoms with E-state index >= 15 is 0 Å². The van der Waals surface area contributed by atoms with E-state index < -0.39 is 0 Å². The van der Waals surface area contributed by atoms with Crippen LogP contribution in [0.3, 0.4) is 0 Å². The number of benzene rings is 2. The first-order valence-corrected chi connectivity index (χ1v) is 8.22. The van der Waals surface area contributed by atoms with Gasteiger partial charge in [-0.1, -0.05) is 64.0 Å². The highest BCUT2D eigenvalue weighted by Crippen LogP contribution is 2.18. The molecule has 0 heterocycles. The fourth-order valence-corrected chi connectivity index (χ4v) is 3.08. The van der Waals surface area contributed by atoms with E-state index in [0.717, 1.165) is 12.8 Å². The Kier molecular flexibility index (Phi) is 5.42. The summed E-state index contributed by atoms with van der Waals surface area (Å²) in [6.45, 7) is 6.52. The maximum Gasteiger partial charge on any atom is 0.0189 e. The van der Waals surface area contributed by atoms with Crippen molar-refractivity contribution in [2.75, 3.05) is 0 Å². The van der Waals surface area contributed by atoms with Crippen molar-refractivity contribution in [2.24, 2.45) is 0 Å². The van der Waals surface area contributed by atoms with Crippen molar-refractivity contribution in [3.8, 4) is 0 Å². The first kappa shape index (κ1) is 15.3. The zero-order chi connectivity index (χ0) is 14.5. The SMILES string of the molecule is Cc1cccc(CCC(Br)Cc2ccc(C)c(C)c2)c1. The zero-order valence-electron chi connectivity index (χ0n) is 12.6. The quantitative estimate of drug-likeness (QED) is 0.630. The van der Waals surface area contributed by atoms with Gasteiger partial charge in [0.05, 0.1) is 0 Å². The number of rotatable bonds is 5. The van der Waals surface area contributed by atoms with E-state index in [9.17, 15) is 0 Å². The van der Waals surface area contributed by atoms with Gasteiger partial charge in [-0.3, -0.25) is 0 Å². The molecule has 0 saturated heterocycles. The Bertz CT molecular complexity index is 572. The molecule has 0 aromatic heterocycles. The third kappa shape index (κ3) is 4.49. The molecule has 1 unspecified atom stereocenters. The normalized spacial score (nSPS) is 12.4. The van der Waals surface area contributed by atoms with E-state index in [2.05, 4.69) is 79.2 Å². The summed E-state index contributed by atoms with van der Waals surface area (Å²) in [5, 5.41) is 0. The van der Waals surface area contributed by atoms with Gasteiger partial charge >= 0.3 is 0 Å². The van der Waals surface area contributed by atoms with Crippen LogP contribution in [0.15, 0.2) is 42.5 Å². The number of halogens is 1. The van der Waals surface area contributed by atoms with Crippen LogP contribution in [0, 0.1) is 20.8 Å². The molecule has 0 radical (unpaired) electrons. The second kappa shape index (κ2) is 7.08. The van der Waals surface area contributed by atoms with Gasteiger partial charge in [0, 0.05) is 4.83 Å². The molecular weight excluding hydrogens is 308 g/mol. The summed E-state index contributed by atoms with van der Waals surface area (Å²) in [4.78, 5) is 0.546. The molecular formula is C19H23Br. The van der Waals surface area contributed by atoms with Gasteiger partial charge in [-0.2, -0.15) is 0 Å². The molecule has 2 rings (SSSR count). The van der Waals surface area contributed by atoms with E-state index in [0.29, 0.717) is 4.83 Å². The third-order valence-corrected chi connectivity index (χ3v) is 4.64. The summed E-state index contributed by atoms with van der Waals surface area (Å²) in [5.41, 5.74) is 6.98. The van der Waals surface area contributed by atoms with Crippen LogP contribution in [-0.4, -0.2) is 4.83 Å². The van der Waals surface area contributed by atoms with E-state index in [4.69, 9.17) is 0 Å². The van der Waals surface area contributed by atoms with Gasteiger partial charge in [0.1, 0.15) is 0 Å². The molecule has 1 heteroatoms. The topological polar surface area (TPSA) is 0 Å². The monoisotopic (exact) mass is 330 g/mol. The van der Waals surface area contributed by atoms with Gasteiger partial charge in [-0.15, -0.1) is 0 Å². The average Bonchev–Trinajstić information content (AvgIpc) is 2.41. The minimum Gasteiger partial charge on any atom is -0.0887 e. The number of alkyl halides is 1. The third-order valence-electron chi connectivity index (χ3n) is 3.86. The zero-order valence-corrected chi connectivity index (χ0v) is 14.2. The van der Waals surface area contributed by atoms with Gasteiger partial charge < -0.3 is 0 Å². The summed E-state index contributed by atoms with van der Waals surface area (Å²) in [7, 11) is 0. The van der Waals surface area contributed by atoms with Gasteiger partial charge in [0.2, 0.25) is 0 Å². The van der Waals surface area contributed by atoms with Crippen molar-refractivity contribution in [1.29, 1.82) is 0 Å². The molecule has 0 nitrogen and oxygen atoms in total. The van der Waals surface area contributed by atoms with Crippen LogP contribution in [-0.2, 0) is 12.8 Å². The van der Waals surface area contributed by atoms with Gasteiger partial charge in [0.15, 0.2) is 0 Å². The van der Waals surface area contributed by atoms with Crippen molar-refractivity contribution in [3.63, 3.8) is 0 Å². The highest BCUT2D eigenvalue weighted by atomic mass is 79.9. The molecule has 0 bridgehead atoms. The minimum absolute atomic E-state index is 0.546. The Morgan fingerprint density at radius 1 is 0.900 bits per heavy atom. The lowest BCUT2D eigenvalue weighted by Crippen LogP contribution is -2.05. The Morgan fingerprint density at radius 2 is 1.70 bits per heavy atom. The second-order valence-electron chi connectivity index (χ2n) is 5.75. The molecule has 2 aromatic rings. The lowest BCUT2D eigenvalue weighted by molar-refractivity contribution is 0.762. The Labute approximate surface area is 131 Å². The molecule has 2 aromatic carbocycles. The predicted molar refractivity (Wildman–Crippen MR) is 91.8 cm³/mol. The summed E-state index contributed by atoms with van der Waals surface area (Å²) in [6.07, 6.45) is 3.42. The number of hydrogen-bond acceptors (Lipinski definition) is 0. The van der Waals surface area contributed by atoms with Crippen LogP contribution in [0.2, 0.25) is 0 Å². The highest BCUT2D eigenvalue weighted by Gasteiger charge is 2.07. The van der Waals surface area contributed by atoms with Crippen LogP contribution in [0.5, 0.6) is 0 Å². The van der Waals surface area contributed by atoms with Crippen LogP contribution >= 0.6 is 15.9 Å². The Morgan fingerprint density at radius 3 is 2.40 bits per heavy atom. The van der Waals surface area contributed by atoms with E-state index in [1.54, 1.807) is 0 Å². The van der Waals surface area contributed by atoms with E-state index in [1.807, 2.05) is 0 Å². The van der Waals surface area contributed by atoms with Crippen LogP contribution in [0.4, 0.5) is 0 Å². The standard InChI is InChI=1S/C19H23Br/c1-14-5-4-6-17(11-14)9-10-19(20)13-18-8-7-15(2)16(3)12-18/h4-8,11-12,19H,9-10,13H2,1-3H3. The summed E-state index contributed by atoms with van der Waals surface area (Å²) in [6, 6.07) is 15.6. The van der Waals surface area contributed by atoms with Gasteiger partial charge in [-0.25, -0.2) is 0 Å². The largest absolute Gasteiger partial charge is 0.0887 e. The summed E-state index contributed by atoms with van der Waals surface area (Å²) in [5.74, 6) is 0. The van der Waals surface area contributed by atoms with Gasteiger partial charge in [-0.05, 0) is 62.3 Å². The van der Waals surface area contributed by atoms with Crippen molar-refractivity contribution < 1.29 is 0 Å².